The number of halogens is 1. The number of rotatable bonds is 7. The predicted octanol–water partition coefficient (Wildman–Crippen LogP) is 0.166. The molecule has 0 spiro atoms. The van der Waals surface area contributed by atoms with E-state index in [1.807, 2.05) is 18.0 Å². The highest BCUT2D eigenvalue weighted by molar-refractivity contribution is 7.99. The number of likely N-dealkylation sites (tertiary alicyclic amines) is 1. The Bertz CT molecular complexity index is 524. The molecular formula is C18H31ClN2O5S. The maximum Gasteiger partial charge on any atom is 0.237 e. The fourth-order valence-electron chi connectivity index (χ4n) is 3.90. The van der Waals surface area contributed by atoms with Crippen LogP contribution >= 0.6 is 23.4 Å². The molecule has 2 aliphatic rings. The second kappa shape index (κ2) is 9.91. The molecule has 2 heterocycles. The van der Waals surface area contributed by atoms with Crippen LogP contribution in [0.25, 0.3) is 0 Å². The average molecular weight is 423 g/mol. The number of carbonyl (C=O) groups excluding carboxylic acids is 1. The summed E-state index contributed by atoms with van der Waals surface area (Å²) in [6.45, 7) is 6.28. The van der Waals surface area contributed by atoms with Gasteiger partial charge in [-0.25, -0.2) is 0 Å². The van der Waals surface area contributed by atoms with Crippen molar-refractivity contribution in [1.82, 2.24) is 10.2 Å². The number of hydrogen-bond donors (Lipinski definition) is 4. The quantitative estimate of drug-likeness (QED) is 0.342. The summed E-state index contributed by atoms with van der Waals surface area (Å²) >= 11 is 7.53. The minimum atomic E-state index is -1.37. The van der Waals surface area contributed by atoms with Crippen molar-refractivity contribution in [3.8, 4) is 0 Å². The zero-order valence-electron chi connectivity index (χ0n) is 16.0. The summed E-state index contributed by atoms with van der Waals surface area (Å²) in [6.07, 6.45) is 0.312. The summed E-state index contributed by atoms with van der Waals surface area (Å²) < 4.78 is 5.78. The zero-order valence-corrected chi connectivity index (χ0v) is 17.6. The first kappa shape index (κ1) is 22.9. The van der Waals surface area contributed by atoms with Gasteiger partial charge in [0, 0.05) is 6.54 Å². The predicted molar refractivity (Wildman–Crippen MR) is 107 cm³/mol. The normalized spacial score (nSPS) is 39.7. The Morgan fingerprint density at radius 2 is 2.07 bits per heavy atom. The molecule has 4 N–H and O–H groups in total. The highest BCUT2D eigenvalue weighted by Crippen LogP contribution is 2.31. The molecule has 0 aromatic heterocycles. The highest BCUT2D eigenvalue weighted by atomic mass is 35.5. The first-order chi connectivity index (χ1) is 12.7. The lowest BCUT2D eigenvalue weighted by Crippen LogP contribution is -2.65. The van der Waals surface area contributed by atoms with E-state index < -0.39 is 41.3 Å². The van der Waals surface area contributed by atoms with Gasteiger partial charge in [0.1, 0.15) is 29.9 Å². The van der Waals surface area contributed by atoms with Crippen molar-refractivity contribution in [1.29, 1.82) is 0 Å². The van der Waals surface area contributed by atoms with Crippen molar-refractivity contribution in [2.24, 2.45) is 5.92 Å². The fraction of sp³-hybridized carbons (Fsp3) is 0.833. The second-order valence-electron chi connectivity index (χ2n) is 7.47. The number of ether oxygens (including phenoxy) is 1. The molecule has 2 aliphatic heterocycles. The van der Waals surface area contributed by atoms with Crippen molar-refractivity contribution >= 4 is 29.3 Å². The van der Waals surface area contributed by atoms with Crippen LogP contribution in [0.1, 0.15) is 19.8 Å². The van der Waals surface area contributed by atoms with Crippen molar-refractivity contribution in [2.75, 3.05) is 19.8 Å². The van der Waals surface area contributed by atoms with Crippen LogP contribution in [0.15, 0.2) is 12.7 Å². The lowest BCUT2D eigenvalue weighted by molar-refractivity contribution is -0.205. The van der Waals surface area contributed by atoms with E-state index >= 15 is 0 Å². The van der Waals surface area contributed by atoms with Gasteiger partial charge in [0.2, 0.25) is 5.91 Å². The molecule has 0 saturated carbocycles. The molecule has 9 atom stereocenters. The maximum absolute atomic E-state index is 12.9. The van der Waals surface area contributed by atoms with Crippen LogP contribution in [-0.2, 0) is 9.53 Å². The smallest absolute Gasteiger partial charge is 0.237 e. The third-order valence-corrected chi connectivity index (χ3v) is 6.56. The van der Waals surface area contributed by atoms with Crippen molar-refractivity contribution in [3.63, 3.8) is 0 Å². The van der Waals surface area contributed by atoms with Gasteiger partial charge in [0.15, 0.2) is 0 Å². The number of hydrogen-bond acceptors (Lipinski definition) is 7. The van der Waals surface area contributed by atoms with Gasteiger partial charge in [-0.3, -0.25) is 9.69 Å². The van der Waals surface area contributed by atoms with Gasteiger partial charge in [-0.05, 0) is 39.0 Å². The van der Waals surface area contributed by atoms with Gasteiger partial charge < -0.3 is 25.4 Å². The van der Waals surface area contributed by atoms with Gasteiger partial charge in [-0.2, -0.15) is 0 Å². The molecule has 2 fully saturated rings. The molecule has 2 rings (SSSR count). The molecule has 27 heavy (non-hydrogen) atoms. The van der Waals surface area contributed by atoms with E-state index in [1.54, 1.807) is 13.2 Å². The van der Waals surface area contributed by atoms with E-state index in [0.29, 0.717) is 5.92 Å². The lowest BCUT2D eigenvalue weighted by atomic mass is 9.92. The Balaban J connectivity index is 2.10. The summed E-state index contributed by atoms with van der Waals surface area (Å²) in [7, 11) is 1.91. The fourth-order valence-corrected chi connectivity index (χ4v) is 4.79. The van der Waals surface area contributed by atoms with Crippen LogP contribution in [0, 0.1) is 5.92 Å². The lowest BCUT2D eigenvalue weighted by Gasteiger charge is -2.44. The number of amides is 1. The topological polar surface area (TPSA) is 102 Å². The van der Waals surface area contributed by atoms with Gasteiger partial charge in [0.05, 0.1) is 17.5 Å². The number of nitrogens with zero attached hydrogens (tertiary/aromatic N) is 1. The van der Waals surface area contributed by atoms with Crippen LogP contribution in [0.3, 0.4) is 0 Å². The van der Waals surface area contributed by atoms with Gasteiger partial charge in [-0.15, -0.1) is 29.9 Å². The SMILES string of the molecule is C=CC[C@@H]1C[C@@H](C(=O)N[C@@H]([C@H]2O[C@H](SC)[C@H](O)[C@@H](O)[C@H]2O)[C@H](C)Cl)N(C)C1. The number of nitrogens with one attached hydrogen (secondary N) is 1. The van der Waals surface area contributed by atoms with Crippen LogP contribution in [0.2, 0.25) is 0 Å². The molecule has 0 bridgehead atoms. The third-order valence-electron chi connectivity index (χ3n) is 5.43. The molecule has 0 aliphatic carbocycles. The van der Waals surface area contributed by atoms with Crippen LogP contribution in [0.4, 0.5) is 0 Å². The van der Waals surface area contributed by atoms with E-state index in [-0.39, 0.29) is 11.9 Å². The molecule has 2 saturated heterocycles. The minimum absolute atomic E-state index is 0.182. The molecule has 1 amide bonds. The Hall–Kier alpha value is -0.350. The number of likely N-dealkylation sites (N-methyl/N-ethyl adjacent to an activating group) is 1. The number of thioether (sulfide) groups is 1. The van der Waals surface area contributed by atoms with Crippen LogP contribution < -0.4 is 5.32 Å². The largest absolute Gasteiger partial charge is 0.388 e. The molecule has 0 aromatic rings. The van der Waals surface area contributed by atoms with Crippen molar-refractivity contribution in [2.45, 2.75) is 67.1 Å². The number of aliphatic hydroxyl groups is 3. The molecule has 0 unspecified atom stereocenters. The standard InChI is InChI=1S/C18H31ClN2O5S/c1-5-6-10-7-11(21(3)8-10)17(25)20-12(9(2)19)16-14(23)13(22)15(24)18(26-16)27-4/h5,9-16,18,22-24H,1,6-8H2,2-4H3,(H,20,25)/t9-,10+,11-,12+,13-,14+,15+,16+,18+/m0/s1. The monoisotopic (exact) mass is 422 g/mol. The summed E-state index contributed by atoms with van der Waals surface area (Å²) in [6, 6.07) is -1.00. The summed E-state index contributed by atoms with van der Waals surface area (Å²) in [5.41, 5.74) is -0.714. The van der Waals surface area contributed by atoms with Crippen molar-refractivity contribution < 1.29 is 24.9 Å². The van der Waals surface area contributed by atoms with E-state index in [1.165, 1.54) is 11.8 Å². The molecule has 9 heteroatoms. The summed E-state index contributed by atoms with van der Waals surface area (Å²) in [4.78, 5) is 14.9. The number of allylic oxidation sites excluding steroid dienone is 1. The molecular weight excluding hydrogens is 392 g/mol. The summed E-state index contributed by atoms with van der Waals surface area (Å²) in [5.74, 6) is 0.197. The molecule has 0 aromatic carbocycles. The minimum Gasteiger partial charge on any atom is -0.388 e. The second-order valence-corrected chi connectivity index (χ2v) is 9.09. The Labute approximate surface area is 170 Å². The van der Waals surface area contributed by atoms with Gasteiger partial charge in [0.25, 0.3) is 0 Å². The number of carbonyl (C=O) groups is 1. The number of alkyl halides is 1. The van der Waals surface area contributed by atoms with E-state index in [2.05, 4.69) is 11.9 Å². The average Bonchev–Trinajstić information content (AvgIpc) is 2.99. The first-order valence-corrected chi connectivity index (χ1v) is 10.9. The van der Waals surface area contributed by atoms with Crippen molar-refractivity contribution in [3.05, 3.63) is 12.7 Å². The van der Waals surface area contributed by atoms with Crippen LogP contribution in [-0.4, -0.2) is 93.3 Å². The molecule has 7 nitrogen and oxygen atoms in total. The van der Waals surface area contributed by atoms with E-state index in [4.69, 9.17) is 16.3 Å². The Morgan fingerprint density at radius 3 is 2.63 bits per heavy atom. The molecule has 0 radical (unpaired) electrons. The Kier molecular flexibility index (Phi) is 8.42. The van der Waals surface area contributed by atoms with E-state index in [9.17, 15) is 20.1 Å². The zero-order chi connectivity index (χ0) is 20.3. The van der Waals surface area contributed by atoms with Gasteiger partial charge in [-0.1, -0.05) is 6.08 Å². The van der Waals surface area contributed by atoms with Gasteiger partial charge >= 0.3 is 0 Å². The highest BCUT2D eigenvalue weighted by Gasteiger charge is 2.48. The number of aliphatic hydroxyl groups excluding tert-OH is 3. The first-order valence-electron chi connectivity index (χ1n) is 9.19. The third kappa shape index (κ3) is 5.18. The van der Waals surface area contributed by atoms with E-state index in [0.717, 1.165) is 19.4 Å². The summed E-state index contributed by atoms with van der Waals surface area (Å²) in [5, 5.41) is 33.0. The van der Waals surface area contributed by atoms with Crippen LogP contribution in [0.5, 0.6) is 0 Å². The molecule has 156 valence electrons. The maximum atomic E-state index is 12.9. The Morgan fingerprint density at radius 1 is 1.41 bits per heavy atom.